The van der Waals surface area contributed by atoms with Crippen LogP contribution in [0.3, 0.4) is 0 Å². The van der Waals surface area contributed by atoms with Crippen molar-refractivity contribution in [1.29, 1.82) is 0 Å². The van der Waals surface area contributed by atoms with Crippen molar-refractivity contribution in [3.63, 3.8) is 0 Å². The third-order valence-corrected chi connectivity index (χ3v) is 5.71. The van der Waals surface area contributed by atoms with Crippen molar-refractivity contribution < 1.29 is 4.79 Å². The van der Waals surface area contributed by atoms with Gasteiger partial charge < -0.3 is 10.3 Å². The van der Waals surface area contributed by atoms with E-state index in [1.54, 1.807) is 6.07 Å². The number of hydrogen-bond donors (Lipinski definition) is 2. The molecule has 4 nitrogen and oxygen atoms in total. The SMILES string of the molecule is CC1(NC(=O)c2cc3c([nH]c2=O)CCCC3)CCCc2ccccc21. The Hall–Kier alpha value is -2.36. The first-order chi connectivity index (χ1) is 12.1. The van der Waals surface area contributed by atoms with E-state index in [-0.39, 0.29) is 17.0 Å². The highest BCUT2D eigenvalue weighted by molar-refractivity contribution is 5.94. The summed E-state index contributed by atoms with van der Waals surface area (Å²) in [4.78, 5) is 28.2. The van der Waals surface area contributed by atoms with Crippen LogP contribution in [0.2, 0.25) is 0 Å². The Balaban J connectivity index is 1.66. The predicted molar refractivity (Wildman–Crippen MR) is 97.9 cm³/mol. The lowest BCUT2D eigenvalue weighted by molar-refractivity contribution is 0.0893. The molecule has 0 bridgehead atoms. The number of aryl methyl sites for hydroxylation is 3. The summed E-state index contributed by atoms with van der Waals surface area (Å²) in [6, 6.07) is 10.1. The number of pyridine rings is 1. The Morgan fingerprint density at radius 3 is 2.72 bits per heavy atom. The zero-order chi connectivity index (χ0) is 17.4. The number of carbonyl (C=O) groups excluding carboxylic acids is 1. The van der Waals surface area contributed by atoms with E-state index in [9.17, 15) is 9.59 Å². The largest absolute Gasteiger partial charge is 0.343 e. The minimum Gasteiger partial charge on any atom is -0.343 e. The molecule has 130 valence electrons. The summed E-state index contributed by atoms with van der Waals surface area (Å²) < 4.78 is 0. The fourth-order valence-corrected chi connectivity index (χ4v) is 4.33. The maximum atomic E-state index is 12.9. The van der Waals surface area contributed by atoms with Crippen molar-refractivity contribution >= 4 is 5.91 Å². The normalized spacial score (nSPS) is 22.0. The highest BCUT2D eigenvalue weighted by Crippen LogP contribution is 2.35. The molecule has 1 unspecified atom stereocenters. The Kier molecular flexibility index (Phi) is 3.98. The molecule has 2 aromatic rings. The topological polar surface area (TPSA) is 62.0 Å². The van der Waals surface area contributed by atoms with Crippen molar-refractivity contribution in [2.75, 3.05) is 0 Å². The van der Waals surface area contributed by atoms with Crippen LogP contribution in [0.15, 0.2) is 35.1 Å². The Labute approximate surface area is 147 Å². The molecule has 2 N–H and O–H groups in total. The number of H-pyrrole nitrogens is 1. The number of rotatable bonds is 2. The number of hydrogen-bond acceptors (Lipinski definition) is 2. The molecule has 1 aromatic heterocycles. The highest BCUT2D eigenvalue weighted by atomic mass is 16.2. The first-order valence-electron chi connectivity index (χ1n) is 9.23. The van der Waals surface area contributed by atoms with Gasteiger partial charge in [0.15, 0.2) is 0 Å². The molecule has 0 radical (unpaired) electrons. The van der Waals surface area contributed by atoms with Crippen LogP contribution in [-0.2, 0) is 24.8 Å². The van der Waals surface area contributed by atoms with Crippen LogP contribution in [0.25, 0.3) is 0 Å². The molecular weight excluding hydrogens is 312 g/mol. The number of fused-ring (bicyclic) bond motifs is 2. The molecule has 4 heteroatoms. The highest BCUT2D eigenvalue weighted by Gasteiger charge is 2.34. The predicted octanol–water partition coefficient (Wildman–Crippen LogP) is 3.24. The van der Waals surface area contributed by atoms with E-state index in [1.807, 2.05) is 12.1 Å². The van der Waals surface area contributed by atoms with Gasteiger partial charge in [0.1, 0.15) is 5.56 Å². The fraction of sp³-hybridized carbons (Fsp3) is 0.429. The molecule has 25 heavy (non-hydrogen) atoms. The van der Waals surface area contributed by atoms with Gasteiger partial charge in [-0.1, -0.05) is 24.3 Å². The van der Waals surface area contributed by atoms with Crippen LogP contribution >= 0.6 is 0 Å². The van der Waals surface area contributed by atoms with E-state index < -0.39 is 5.54 Å². The second-order valence-electron chi connectivity index (χ2n) is 7.52. The summed E-state index contributed by atoms with van der Waals surface area (Å²) in [6.07, 6.45) is 7.02. The molecule has 1 aromatic carbocycles. The lowest BCUT2D eigenvalue weighted by Crippen LogP contribution is -2.47. The lowest BCUT2D eigenvalue weighted by Gasteiger charge is -2.37. The monoisotopic (exact) mass is 336 g/mol. The van der Waals surface area contributed by atoms with Crippen LogP contribution in [0, 0.1) is 0 Å². The van der Waals surface area contributed by atoms with Gasteiger partial charge in [0, 0.05) is 5.69 Å². The molecule has 0 spiro atoms. The molecule has 4 rings (SSSR count). The van der Waals surface area contributed by atoms with E-state index in [4.69, 9.17) is 0 Å². The second-order valence-corrected chi connectivity index (χ2v) is 7.52. The van der Waals surface area contributed by atoms with Crippen LogP contribution in [0.5, 0.6) is 0 Å². The van der Waals surface area contributed by atoms with Crippen molar-refractivity contribution in [1.82, 2.24) is 10.3 Å². The number of aromatic nitrogens is 1. The number of nitrogens with one attached hydrogen (secondary N) is 2. The van der Waals surface area contributed by atoms with Gasteiger partial charge in [-0.2, -0.15) is 0 Å². The van der Waals surface area contributed by atoms with E-state index in [1.165, 1.54) is 11.1 Å². The minimum absolute atomic E-state index is 0.241. The average molecular weight is 336 g/mol. The summed E-state index contributed by atoms with van der Waals surface area (Å²) in [5.41, 5.74) is 4.12. The van der Waals surface area contributed by atoms with Crippen LogP contribution in [0.1, 0.15) is 65.3 Å². The Bertz CT molecular complexity index is 884. The first kappa shape index (κ1) is 16.1. The third-order valence-electron chi connectivity index (χ3n) is 5.71. The van der Waals surface area contributed by atoms with Gasteiger partial charge in [0.25, 0.3) is 11.5 Å². The molecule has 1 heterocycles. The summed E-state index contributed by atoms with van der Waals surface area (Å²) in [5.74, 6) is -0.270. The lowest BCUT2D eigenvalue weighted by atomic mass is 9.77. The number of benzene rings is 1. The van der Waals surface area contributed by atoms with Gasteiger partial charge in [-0.3, -0.25) is 9.59 Å². The van der Waals surface area contributed by atoms with E-state index in [0.717, 1.165) is 56.2 Å². The molecule has 0 fully saturated rings. The number of amides is 1. The van der Waals surface area contributed by atoms with Crippen LogP contribution in [0.4, 0.5) is 0 Å². The Morgan fingerprint density at radius 1 is 1.08 bits per heavy atom. The first-order valence-corrected chi connectivity index (χ1v) is 9.23. The van der Waals surface area contributed by atoms with Gasteiger partial charge in [0.2, 0.25) is 0 Å². The van der Waals surface area contributed by atoms with Crippen molar-refractivity contribution in [3.05, 3.63) is 68.6 Å². The Morgan fingerprint density at radius 2 is 1.84 bits per heavy atom. The van der Waals surface area contributed by atoms with Crippen LogP contribution in [-0.4, -0.2) is 10.9 Å². The smallest absolute Gasteiger partial charge is 0.261 e. The van der Waals surface area contributed by atoms with E-state index in [2.05, 4.69) is 29.4 Å². The van der Waals surface area contributed by atoms with Crippen molar-refractivity contribution in [2.24, 2.45) is 0 Å². The summed E-state index contributed by atoms with van der Waals surface area (Å²) in [5, 5.41) is 3.16. The molecule has 0 aliphatic heterocycles. The zero-order valence-corrected chi connectivity index (χ0v) is 14.7. The minimum atomic E-state index is -0.422. The quantitative estimate of drug-likeness (QED) is 0.884. The third kappa shape index (κ3) is 2.90. The number of carbonyl (C=O) groups is 1. The maximum Gasteiger partial charge on any atom is 0.261 e. The van der Waals surface area contributed by atoms with E-state index in [0.29, 0.717) is 0 Å². The van der Waals surface area contributed by atoms with Crippen LogP contribution < -0.4 is 10.9 Å². The summed E-state index contributed by atoms with van der Waals surface area (Å²) >= 11 is 0. The molecule has 1 amide bonds. The van der Waals surface area contributed by atoms with Gasteiger partial charge in [-0.05, 0) is 74.6 Å². The molecule has 0 saturated carbocycles. The molecule has 2 aliphatic rings. The summed E-state index contributed by atoms with van der Waals surface area (Å²) in [6.45, 7) is 2.06. The number of aromatic amines is 1. The second kappa shape index (κ2) is 6.17. The van der Waals surface area contributed by atoms with Crippen molar-refractivity contribution in [2.45, 2.75) is 57.4 Å². The van der Waals surface area contributed by atoms with E-state index >= 15 is 0 Å². The fourth-order valence-electron chi connectivity index (χ4n) is 4.33. The van der Waals surface area contributed by atoms with Crippen molar-refractivity contribution in [3.8, 4) is 0 Å². The standard InChI is InChI=1S/C21H24N2O2/c1-21(12-6-9-14-7-2-4-10-17(14)21)23-20(25)16-13-15-8-3-5-11-18(15)22-19(16)24/h2,4,7,10,13H,3,5-6,8-9,11-12H2,1H3,(H,22,24)(H,23,25). The van der Waals surface area contributed by atoms with Gasteiger partial charge >= 0.3 is 0 Å². The average Bonchev–Trinajstić information content (AvgIpc) is 2.61. The van der Waals surface area contributed by atoms with Gasteiger partial charge in [0.05, 0.1) is 5.54 Å². The maximum absolute atomic E-state index is 12.9. The molecule has 1 atom stereocenters. The van der Waals surface area contributed by atoms with Gasteiger partial charge in [-0.25, -0.2) is 0 Å². The molecular formula is C21H24N2O2. The molecule has 2 aliphatic carbocycles. The molecule has 0 saturated heterocycles. The van der Waals surface area contributed by atoms with Gasteiger partial charge in [-0.15, -0.1) is 0 Å². The summed E-state index contributed by atoms with van der Waals surface area (Å²) in [7, 11) is 0. The zero-order valence-electron chi connectivity index (χ0n) is 14.7.